The summed E-state index contributed by atoms with van der Waals surface area (Å²) >= 11 is 0. The molecule has 0 N–H and O–H groups in total. The highest BCUT2D eigenvalue weighted by atomic mass is 16.2. The highest BCUT2D eigenvalue weighted by Crippen LogP contribution is 2.44. The quantitative estimate of drug-likeness (QED) is 0.805. The van der Waals surface area contributed by atoms with E-state index in [-0.39, 0.29) is 30.1 Å². The molecule has 2 aliphatic heterocycles. The van der Waals surface area contributed by atoms with Crippen LogP contribution in [0.15, 0.2) is 12.4 Å². The van der Waals surface area contributed by atoms with Gasteiger partial charge in [0, 0.05) is 25.0 Å². The maximum Gasteiger partial charge on any atom is 0.328 e. The summed E-state index contributed by atoms with van der Waals surface area (Å²) in [5.41, 5.74) is 0. The molecule has 0 bridgehead atoms. The van der Waals surface area contributed by atoms with Gasteiger partial charge in [-0.3, -0.25) is 9.69 Å². The van der Waals surface area contributed by atoms with Crippen molar-refractivity contribution in [3.63, 3.8) is 0 Å². The average molecular weight is 316 g/mol. The van der Waals surface area contributed by atoms with Crippen molar-refractivity contribution in [2.45, 2.75) is 70.6 Å². The van der Waals surface area contributed by atoms with Gasteiger partial charge in [0.15, 0.2) is 0 Å². The third kappa shape index (κ3) is 2.03. The molecule has 0 aromatic carbocycles. The minimum Gasteiger partial charge on any atom is -0.333 e. The lowest BCUT2D eigenvalue weighted by atomic mass is 9.84. The Morgan fingerprint density at radius 3 is 2.87 bits per heavy atom. The van der Waals surface area contributed by atoms with E-state index in [1.165, 1.54) is 17.7 Å². The molecule has 1 saturated carbocycles. The zero-order chi connectivity index (χ0) is 16.1. The number of rotatable bonds is 3. The van der Waals surface area contributed by atoms with Crippen LogP contribution >= 0.6 is 0 Å². The van der Waals surface area contributed by atoms with Crippen LogP contribution in [0.4, 0.5) is 4.79 Å². The molecular formula is C17H24N4O2. The van der Waals surface area contributed by atoms with Gasteiger partial charge in [-0.15, -0.1) is 0 Å². The van der Waals surface area contributed by atoms with Gasteiger partial charge in [-0.1, -0.05) is 12.8 Å². The van der Waals surface area contributed by atoms with Gasteiger partial charge in [0.25, 0.3) is 5.91 Å². The molecule has 23 heavy (non-hydrogen) atoms. The van der Waals surface area contributed by atoms with Crippen molar-refractivity contribution in [3.8, 4) is 0 Å². The fraction of sp³-hybridized carbons (Fsp3) is 0.706. The Morgan fingerprint density at radius 2 is 2.09 bits per heavy atom. The predicted octanol–water partition coefficient (Wildman–Crippen LogP) is 2.56. The van der Waals surface area contributed by atoms with Gasteiger partial charge in [-0.05, 0) is 39.0 Å². The number of hydrogen-bond acceptors (Lipinski definition) is 3. The van der Waals surface area contributed by atoms with Crippen LogP contribution in [0.1, 0.15) is 57.8 Å². The molecule has 3 heterocycles. The van der Waals surface area contributed by atoms with Gasteiger partial charge in [0.05, 0.1) is 6.04 Å². The first-order chi connectivity index (χ1) is 11.1. The fourth-order valence-corrected chi connectivity index (χ4v) is 4.76. The van der Waals surface area contributed by atoms with Crippen LogP contribution in [0.25, 0.3) is 0 Å². The lowest BCUT2D eigenvalue weighted by molar-refractivity contribution is -0.129. The van der Waals surface area contributed by atoms with Crippen LogP contribution in [0.3, 0.4) is 0 Å². The molecule has 2 saturated heterocycles. The van der Waals surface area contributed by atoms with Crippen molar-refractivity contribution in [2.75, 3.05) is 0 Å². The second-order valence-electron chi connectivity index (χ2n) is 7.01. The van der Waals surface area contributed by atoms with Gasteiger partial charge < -0.3 is 9.47 Å². The molecule has 1 aromatic heterocycles. The SMILES string of the molecule is CCn1ccnc1C(C)N1C(=O)C2CC3CCCCC3N2C1=O. The summed E-state index contributed by atoms with van der Waals surface area (Å²) in [6, 6.07) is -0.374. The molecule has 1 aromatic rings. The van der Waals surface area contributed by atoms with E-state index in [9.17, 15) is 9.59 Å². The van der Waals surface area contributed by atoms with Crippen LogP contribution in [0, 0.1) is 5.92 Å². The van der Waals surface area contributed by atoms with E-state index >= 15 is 0 Å². The normalized spacial score (nSPS) is 31.5. The molecular weight excluding hydrogens is 292 g/mol. The second kappa shape index (κ2) is 5.35. The predicted molar refractivity (Wildman–Crippen MR) is 84.5 cm³/mol. The molecule has 3 aliphatic rings. The van der Waals surface area contributed by atoms with Crippen molar-refractivity contribution in [3.05, 3.63) is 18.2 Å². The number of carbonyl (C=O) groups excluding carboxylic acids is 2. The number of carbonyl (C=O) groups is 2. The smallest absolute Gasteiger partial charge is 0.328 e. The standard InChI is InChI=1S/C17H24N4O2/c1-3-19-9-8-18-15(19)11(2)20-16(22)14-10-12-6-4-5-7-13(12)21(14)17(20)23/h8-9,11-14H,3-7,10H2,1-2H3. The van der Waals surface area contributed by atoms with Gasteiger partial charge in [-0.2, -0.15) is 0 Å². The van der Waals surface area contributed by atoms with E-state index in [1.54, 1.807) is 6.20 Å². The van der Waals surface area contributed by atoms with E-state index in [2.05, 4.69) is 4.98 Å². The Bertz CT molecular complexity index is 640. The van der Waals surface area contributed by atoms with E-state index in [4.69, 9.17) is 0 Å². The summed E-state index contributed by atoms with van der Waals surface area (Å²) in [5.74, 6) is 1.29. The molecule has 6 heteroatoms. The number of hydrogen-bond donors (Lipinski definition) is 0. The summed E-state index contributed by atoms with van der Waals surface area (Å²) in [6.45, 7) is 4.73. The minimum absolute atomic E-state index is 0.0254. The van der Waals surface area contributed by atoms with E-state index < -0.39 is 0 Å². The van der Waals surface area contributed by atoms with Crippen LogP contribution in [0.5, 0.6) is 0 Å². The Morgan fingerprint density at radius 1 is 1.30 bits per heavy atom. The summed E-state index contributed by atoms with van der Waals surface area (Å²) < 4.78 is 2.00. The lowest BCUT2D eigenvalue weighted by Crippen LogP contribution is -2.42. The van der Waals surface area contributed by atoms with Crippen molar-refractivity contribution in [1.82, 2.24) is 19.4 Å². The number of imide groups is 1. The Kier molecular flexibility index (Phi) is 3.43. The van der Waals surface area contributed by atoms with Crippen molar-refractivity contribution < 1.29 is 9.59 Å². The van der Waals surface area contributed by atoms with Gasteiger partial charge >= 0.3 is 6.03 Å². The number of aryl methyl sites for hydroxylation is 1. The van der Waals surface area contributed by atoms with Gasteiger partial charge in [0.1, 0.15) is 11.9 Å². The number of aromatic nitrogens is 2. The molecule has 0 spiro atoms. The Labute approximate surface area is 136 Å². The summed E-state index contributed by atoms with van der Waals surface area (Å²) in [6.07, 6.45) is 9.09. The third-order valence-corrected chi connectivity index (χ3v) is 5.89. The van der Waals surface area contributed by atoms with E-state index in [0.717, 1.165) is 31.6 Å². The van der Waals surface area contributed by atoms with E-state index in [1.807, 2.05) is 29.5 Å². The topological polar surface area (TPSA) is 58.4 Å². The number of urea groups is 1. The maximum absolute atomic E-state index is 13.0. The molecule has 1 aliphatic carbocycles. The first-order valence-electron chi connectivity index (χ1n) is 8.79. The van der Waals surface area contributed by atoms with Gasteiger partial charge in [-0.25, -0.2) is 9.78 Å². The zero-order valence-corrected chi connectivity index (χ0v) is 13.8. The van der Waals surface area contributed by atoms with Crippen LogP contribution in [-0.2, 0) is 11.3 Å². The summed E-state index contributed by atoms with van der Waals surface area (Å²) in [4.78, 5) is 33.6. The fourth-order valence-electron chi connectivity index (χ4n) is 4.76. The number of imidazole rings is 1. The molecule has 4 atom stereocenters. The van der Waals surface area contributed by atoms with Crippen molar-refractivity contribution >= 4 is 11.9 Å². The first kappa shape index (κ1) is 14.7. The van der Waals surface area contributed by atoms with Crippen LogP contribution in [-0.4, -0.2) is 43.4 Å². The van der Waals surface area contributed by atoms with E-state index in [0.29, 0.717) is 5.92 Å². The highest BCUT2D eigenvalue weighted by Gasteiger charge is 2.56. The Balaban J connectivity index is 1.62. The molecule has 124 valence electrons. The van der Waals surface area contributed by atoms with Crippen LogP contribution < -0.4 is 0 Å². The molecule has 4 unspecified atom stereocenters. The molecule has 3 fully saturated rings. The zero-order valence-electron chi connectivity index (χ0n) is 13.8. The minimum atomic E-state index is -0.308. The second-order valence-corrected chi connectivity index (χ2v) is 7.01. The largest absolute Gasteiger partial charge is 0.333 e. The summed E-state index contributed by atoms with van der Waals surface area (Å²) in [7, 11) is 0. The average Bonchev–Trinajstić information content (AvgIpc) is 3.23. The molecule has 0 radical (unpaired) electrons. The van der Waals surface area contributed by atoms with Gasteiger partial charge in [0.2, 0.25) is 0 Å². The highest BCUT2D eigenvalue weighted by molar-refractivity contribution is 6.05. The number of nitrogens with zero attached hydrogens (tertiary/aromatic N) is 4. The van der Waals surface area contributed by atoms with Crippen LogP contribution in [0.2, 0.25) is 0 Å². The van der Waals surface area contributed by atoms with Crippen molar-refractivity contribution in [2.24, 2.45) is 5.92 Å². The molecule has 3 amide bonds. The monoisotopic (exact) mass is 316 g/mol. The lowest BCUT2D eigenvalue weighted by Gasteiger charge is -2.32. The third-order valence-electron chi connectivity index (χ3n) is 5.89. The number of fused-ring (bicyclic) bond motifs is 3. The molecule has 4 rings (SSSR count). The van der Waals surface area contributed by atoms with Crippen molar-refractivity contribution in [1.29, 1.82) is 0 Å². The molecule has 6 nitrogen and oxygen atoms in total. The Hall–Kier alpha value is -1.85. The maximum atomic E-state index is 13.0. The summed E-state index contributed by atoms with van der Waals surface area (Å²) in [5, 5.41) is 0. The first-order valence-corrected chi connectivity index (χ1v) is 8.79. The number of amides is 3.